The first-order chi connectivity index (χ1) is 6.16. The van der Waals surface area contributed by atoms with Gasteiger partial charge in [-0.1, -0.05) is 0 Å². The van der Waals surface area contributed by atoms with E-state index in [1.54, 1.807) is 11.8 Å². The Morgan fingerprint density at radius 2 is 2.00 bits per heavy atom. The third kappa shape index (κ3) is 9.16. The molecule has 0 aliphatic rings. The highest BCUT2D eigenvalue weighted by atomic mass is 32.2. The lowest BCUT2D eigenvalue weighted by Gasteiger charge is -2.00. The van der Waals surface area contributed by atoms with E-state index in [0.29, 0.717) is 18.7 Å². The van der Waals surface area contributed by atoms with Gasteiger partial charge in [0.1, 0.15) is 0 Å². The van der Waals surface area contributed by atoms with Gasteiger partial charge in [-0.3, -0.25) is 10.1 Å². The number of carbonyl (C=O) groups is 2. The number of amides is 3. The second-order valence-corrected chi connectivity index (χ2v) is 3.64. The Kier molecular flexibility index (Phi) is 7.42. The van der Waals surface area contributed by atoms with E-state index in [9.17, 15) is 9.59 Å². The Labute approximate surface area is 81.6 Å². The van der Waals surface area contributed by atoms with Crippen LogP contribution in [0.15, 0.2) is 0 Å². The molecule has 0 heterocycles. The minimum absolute atomic E-state index is 0.318. The first-order valence-electron chi connectivity index (χ1n) is 4.04. The van der Waals surface area contributed by atoms with Crippen LogP contribution in [0.3, 0.4) is 0 Å². The van der Waals surface area contributed by atoms with E-state index in [0.717, 1.165) is 12.2 Å². The summed E-state index contributed by atoms with van der Waals surface area (Å²) in [5.74, 6) is 1.31. The number of nitrogens with one attached hydrogen (secondary N) is 1. The summed E-state index contributed by atoms with van der Waals surface area (Å²) in [6, 6.07) is -0.794. The number of carbonyl (C=O) groups excluding carboxylic acids is 2. The maximum atomic E-state index is 10.8. The van der Waals surface area contributed by atoms with Gasteiger partial charge >= 0.3 is 6.03 Å². The van der Waals surface area contributed by atoms with Gasteiger partial charge in [0.2, 0.25) is 5.91 Å². The summed E-state index contributed by atoms with van der Waals surface area (Å²) in [5.41, 5.74) is 10.0. The normalized spacial score (nSPS) is 9.62. The smallest absolute Gasteiger partial charge is 0.318 e. The lowest BCUT2D eigenvalue weighted by molar-refractivity contribution is -0.119. The molecule has 0 bridgehead atoms. The lowest BCUT2D eigenvalue weighted by Crippen LogP contribution is -2.35. The van der Waals surface area contributed by atoms with Gasteiger partial charge in [0.15, 0.2) is 0 Å². The molecule has 0 rings (SSSR count). The minimum atomic E-state index is -0.794. The first-order valence-corrected chi connectivity index (χ1v) is 5.19. The summed E-state index contributed by atoms with van der Waals surface area (Å²) in [6.45, 7) is 0.667. The number of urea groups is 1. The van der Waals surface area contributed by atoms with Gasteiger partial charge in [-0.05, 0) is 18.7 Å². The van der Waals surface area contributed by atoms with Crippen LogP contribution in [-0.2, 0) is 4.79 Å². The van der Waals surface area contributed by atoms with Crippen molar-refractivity contribution in [3.05, 3.63) is 0 Å². The average Bonchev–Trinajstić information content (AvgIpc) is 2.02. The Hall–Kier alpha value is -0.750. The third-order valence-electron chi connectivity index (χ3n) is 1.23. The molecule has 0 saturated heterocycles. The van der Waals surface area contributed by atoms with Gasteiger partial charge in [0.25, 0.3) is 0 Å². The van der Waals surface area contributed by atoms with E-state index in [1.165, 1.54) is 0 Å². The Balaban J connectivity index is 3.22. The number of nitrogens with two attached hydrogens (primary N) is 2. The van der Waals surface area contributed by atoms with Gasteiger partial charge in [0, 0.05) is 12.2 Å². The van der Waals surface area contributed by atoms with Crippen LogP contribution in [0.4, 0.5) is 4.79 Å². The van der Waals surface area contributed by atoms with E-state index in [4.69, 9.17) is 11.5 Å². The fourth-order valence-electron chi connectivity index (χ4n) is 0.652. The standard InChI is InChI=1S/C7H15N3O2S/c8-3-1-4-13-5-2-6(11)10-7(9)12/h1-5,8H2,(H3,9,10,11,12). The number of hydrogen-bond donors (Lipinski definition) is 3. The fraction of sp³-hybridized carbons (Fsp3) is 0.714. The zero-order chi connectivity index (χ0) is 10.1. The maximum Gasteiger partial charge on any atom is 0.318 e. The Morgan fingerprint density at radius 1 is 1.31 bits per heavy atom. The zero-order valence-electron chi connectivity index (χ0n) is 7.41. The quantitative estimate of drug-likeness (QED) is 0.516. The van der Waals surface area contributed by atoms with Crippen molar-refractivity contribution in [3.8, 4) is 0 Å². The van der Waals surface area contributed by atoms with Crippen LogP contribution in [0.2, 0.25) is 0 Å². The molecule has 0 saturated carbocycles. The van der Waals surface area contributed by atoms with Crippen LogP contribution >= 0.6 is 11.8 Å². The van der Waals surface area contributed by atoms with Gasteiger partial charge in [-0.2, -0.15) is 11.8 Å². The van der Waals surface area contributed by atoms with Gasteiger partial charge in [-0.15, -0.1) is 0 Å². The number of thioether (sulfide) groups is 1. The highest BCUT2D eigenvalue weighted by molar-refractivity contribution is 7.99. The largest absolute Gasteiger partial charge is 0.351 e. The second kappa shape index (κ2) is 7.88. The molecular formula is C7H15N3O2S. The molecule has 0 fully saturated rings. The summed E-state index contributed by atoms with van der Waals surface area (Å²) in [6.07, 6.45) is 1.26. The molecule has 0 atom stereocenters. The molecule has 6 heteroatoms. The molecule has 5 N–H and O–H groups in total. The van der Waals surface area contributed by atoms with Gasteiger partial charge in [0.05, 0.1) is 0 Å². The van der Waals surface area contributed by atoms with Crippen molar-refractivity contribution < 1.29 is 9.59 Å². The number of rotatable bonds is 6. The number of primary amides is 1. The van der Waals surface area contributed by atoms with Crippen LogP contribution in [-0.4, -0.2) is 30.0 Å². The van der Waals surface area contributed by atoms with Gasteiger partial charge in [-0.25, -0.2) is 4.79 Å². The molecule has 76 valence electrons. The number of imide groups is 1. The predicted octanol–water partition coefficient (Wildman–Crippen LogP) is -0.347. The maximum absolute atomic E-state index is 10.8. The molecule has 13 heavy (non-hydrogen) atoms. The zero-order valence-corrected chi connectivity index (χ0v) is 8.23. The molecule has 0 aromatic heterocycles. The van der Waals surface area contributed by atoms with Crippen molar-refractivity contribution in [1.29, 1.82) is 0 Å². The van der Waals surface area contributed by atoms with E-state index < -0.39 is 6.03 Å². The molecule has 0 aliphatic heterocycles. The van der Waals surface area contributed by atoms with Gasteiger partial charge < -0.3 is 11.5 Å². The van der Waals surface area contributed by atoms with Crippen molar-refractivity contribution in [2.24, 2.45) is 11.5 Å². The molecule has 3 amide bonds. The molecule has 0 unspecified atom stereocenters. The second-order valence-electron chi connectivity index (χ2n) is 2.42. The highest BCUT2D eigenvalue weighted by Gasteiger charge is 2.02. The average molecular weight is 205 g/mol. The summed E-state index contributed by atoms with van der Waals surface area (Å²) >= 11 is 1.64. The lowest BCUT2D eigenvalue weighted by atomic mass is 10.4. The van der Waals surface area contributed by atoms with Crippen LogP contribution in [0.5, 0.6) is 0 Å². The first kappa shape index (κ1) is 12.2. The van der Waals surface area contributed by atoms with E-state index >= 15 is 0 Å². The fourth-order valence-corrected chi connectivity index (χ4v) is 1.56. The van der Waals surface area contributed by atoms with Crippen molar-refractivity contribution in [2.45, 2.75) is 12.8 Å². The summed E-state index contributed by atoms with van der Waals surface area (Å²) < 4.78 is 0. The molecule has 0 spiro atoms. The summed E-state index contributed by atoms with van der Waals surface area (Å²) in [4.78, 5) is 21.0. The van der Waals surface area contributed by atoms with Crippen LogP contribution in [0, 0.1) is 0 Å². The van der Waals surface area contributed by atoms with Crippen molar-refractivity contribution >= 4 is 23.7 Å². The number of hydrogen-bond acceptors (Lipinski definition) is 4. The van der Waals surface area contributed by atoms with Crippen LogP contribution in [0.1, 0.15) is 12.8 Å². The summed E-state index contributed by atoms with van der Waals surface area (Å²) in [5, 5.41) is 2.00. The van der Waals surface area contributed by atoms with Crippen molar-refractivity contribution in [2.75, 3.05) is 18.1 Å². The summed E-state index contributed by atoms with van der Waals surface area (Å²) in [7, 11) is 0. The predicted molar refractivity (Wildman–Crippen MR) is 53.3 cm³/mol. The highest BCUT2D eigenvalue weighted by Crippen LogP contribution is 2.03. The van der Waals surface area contributed by atoms with Crippen LogP contribution in [0.25, 0.3) is 0 Å². The Bertz CT molecular complexity index is 175. The monoisotopic (exact) mass is 205 g/mol. The Morgan fingerprint density at radius 3 is 2.54 bits per heavy atom. The van der Waals surface area contributed by atoms with E-state index in [1.807, 2.05) is 5.32 Å². The molecule has 0 aromatic carbocycles. The van der Waals surface area contributed by atoms with E-state index in [2.05, 4.69) is 0 Å². The van der Waals surface area contributed by atoms with E-state index in [-0.39, 0.29) is 5.91 Å². The molecule has 0 radical (unpaired) electrons. The molecule has 5 nitrogen and oxygen atoms in total. The topological polar surface area (TPSA) is 98.2 Å². The molecular weight excluding hydrogens is 190 g/mol. The minimum Gasteiger partial charge on any atom is -0.351 e. The van der Waals surface area contributed by atoms with Crippen molar-refractivity contribution in [1.82, 2.24) is 5.32 Å². The SMILES string of the molecule is NCCCSCCC(=O)NC(N)=O. The molecule has 0 aromatic rings. The third-order valence-corrected chi connectivity index (χ3v) is 2.30. The van der Waals surface area contributed by atoms with Crippen LogP contribution < -0.4 is 16.8 Å². The van der Waals surface area contributed by atoms with Crippen molar-refractivity contribution in [3.63, 3.8) is 0 Å². The molecule has 0 aliphatic carbocycles.